The molecule has 1 aliphatic rings. The molecule has 2 aromatic rings. The Bertz CT molecular complexity index is 1260. The number of aryl methyl sites for hydroxylation is 1. The van der Waals surface area contributed by atoms with Gasteiger partial charge in [0.05, 0.1) is 6.54 Å². The van der Waals surface area contributed by atoms with Gasteiger partial charge in [-0.15, -0.1) is 17.8 Å². The number of nitrogens with one attached hydrogen (secondary N) is 2. The second-order valence-corrected chi connectivity index (χ2v) is 9.22. The topological polar surface area (TPSA) is 90.2 Å². The van der Waals surface area contributed by atoms with E-state index in [4.69, 9.17) is 6.42 Å². The number of piperidine rings is 1. The summed E-state index contributed by atoms with van der Waals surface area (Å²) >= 11 is 1.11. The summed E-state index contributed by atoms with van der Waals surface area (Å²) in [6, 6.07) is 10.1. The monoisotopic (exact) mass is 477 g/mol. The number of carbonyl (C=O) groups is 1. The second kappa shape index (κ2) is 12.8. The van der Waals surface area contributed by atoms with E-state index in [-0.39, 0.29) is 17.7 Å². The molecule has 1 fully saturated rings. The van der Waals surface area contributed by atoms with E-state index in [1.54, 1.807) is 13.1 Å². The fraction of sp³-hybridized carbons (Fsp3) is 0.423. The predicted molar refractivity (Wildman–Crippen MR) is 138 cm³/mol. The molecule has 34 heavy (non-hydrogen) atoms. The molecule has 8 heteroatoms. The smallest absolute Gasteiger partial charge is 0.270 e. The Morgan fingerprint density at radius 3 is 2.79 bits per heavy atom. The molecule has 1 aromatic carbocycles. The molecule has 0 spiro atoms. The molecule has 0 bridgehead atoms. The molecule has 1 aliphatic heterocycles. The van der Waals surface area contributed by atoms with Crippen LogP contribution in [-0.2, 0) is 17.8 Å². The Balaban J connectivity index is 1.76. The van der Waals surface area contributed by atoms with Crippen molar-refractivity contribution in [2.45, 2.75) is 45.6 Å². The minimum Gasteiger partial charge on any atom is -0.360 e. The molecule has 0 unspecified atom stereocenters. The summed E-state index contributed by atoms with van der Waals surface area (Å²) in [7, 11) is 0. The maximum absolute atomic E-state index is 12.9. The number of aromatic nitrogens is 1. The van der Waals surface area contributed by atoms with Crippen LogP contribution < -0.4 is 25.4 Å². The fourth-order valence-corrected chi connectivity index (χ4v) is 5.15. The van der Waals surface area contributed by atoms with Crippen LogP contribution in [0.1, 0.15) is 38.2 Å². The van der Waals surface area contributed by atoms with E-state index in [1.165, 1.54) is 42.5 Å². The third kappa shape index (κ3) is 6.60. The first-order valence-electron chi connectivity index (χ1n) is 11.7. The SMILES string of the molecule is C#CCNC(=O)/C(C#N)=c1\s/c(=C/Nc2cccc(CCCN3CCCCC3)c2)c(=O)n1CC. The van der Waals surface area contributed by atoms with Crippen LogP contribution in [0, 0.1) is 23.7 Å². The lowest BCUT2D eigenvalue weighted by molar-refractivity contribution is -0.115. The number of likely N-dealkylation sites (tertiary alicyclic amines) is 1. The molecular formula is C26H31N5O2S. The average molecular weight is 478 g/mol. The Morgan fingerprint density at radius 2 is 2.09 bits per heavy atom. The molecule has 0 radical (unpaired) electrons. The van der Waals surface area contributed by atoms with Gasteiger partial charge in [0.1, 0.15) is 15.3 Å². The van der Waals surface area contributed by atoms with Crippen molar-refractivity contribution in [3.63, 3.8) is 0 Å². The highest BCUT2D eigenvalue weighted by molar-refractivity contribution is 7.07. The van der Waals surface area contributed by atoms with Crippen molar-refractivity contribution in [1.29, 1.82) is 5.26 Å². The van der Waals surface area contributed by atoms with Gasteiger partial charge in [-0.05, 0) is 69.9 Å². The Labute approximate surface area is 204 Å². The molecule has 2 heterocycles. The van der Waals surface area contributed by atoms with Crippen molar-refractivity contribution in [2.75, 3.05) is 31.5 Å². The number of hydrogen-bond donors (Lipinski definition) is 2. The third-order valence-electron chi connectivity index (χ3n) is 5.81. The number of benzene rings is 1. The highest BCUT2D eigenvalue weighted by atomic mass is 32.1. The van der Waals surface area contributed by atoms with Crippen molar-refractivity contribution in [3.8, 4) is 18.4 Å². The minimum absolute atomic E-state index is 0.0145. The Kier molecular flexibility index (Phi) is 9.51. The first-order valence-corrected chi connectivity index (χ1v) is 12.5. The van der Waals surface area contributed by atoms with Crippen molar-refractivity contribution in [2.24, 2.45) is 0 Å². The number of thiazole rings is 1. The van der Waals surface area contributed by atoms with Crippen molar-refractivity contribution in [3.05, 3.63) is 49.4 Å². The molecule has 7 nitrogen and oxygen atoms in total. The highest BCUT2D eigenvalue weighted by Crippen LogP contribution is 2.14. The zero-order chi connectivity index (χ0) is 24.3. The van der Waals surface area contributed by atoms with E-state index in [9.17, 15) is 14.9 Å². The molecular weight excluding hydrogens is 446 g/mol. The fourth-order valence-electron chi connectivity index (χ4n) is 4.06. The van der Waals surface area contributed by atoms with Gasteiger partial charge in [-0.1, -0.05) is 24.5 Å². The number of amides is 1. The van der Waals surface area contributed by atoms with E-state index in [2.05, 4.69) is 33.6 Å². The second-order valence-electron chi connectivity index (χ2n) is 8.19. The van der Waals surface area contributed by atoms with Gasteiger partial charge in [-0.3, -0.25) is 14.2 Å². The highest BCUT2D eigenvalue weighted by Gasteiger charge is 2.14. The van der Waals surface area contributed by atoms with Gasteiger partial charge in [-0.2, -0.15) is 5.26 Å². The molecule has 0 saturated carbocycles. The number of rotatable bonds is 9. The molecule has 1 amide bonds. The van der Waals surface area contributed by atoms with Crippen molar-refractivity contribution < 1.29 is 4.79 Å². The number of nitrogens with zero attached hydrogens (tertiary/aromatic N) is 3. The summed E-state index contributed by atoms with van der Waals surface area (Å²) in [5.41, 5.74) is 1.78. The van der Waals surface area contributed by atoms with Crippen LogP contribution in [0.15, 0.2) is 29.1 Å². The molecule has 1 aromatic heterocycles. The first kappa shape index (κ1) is 25.3. The summed E-state index contributed by atoms with van der Waals surface area (Å²) in [6.45, 7) is 5.72. The Morgan fingerprint density at radius 1 is 1.29 bits per heavy atom. The maximum Gasteiger partial charge on any atom is 0.270 e. The predicted octanol–water partition coefficient (Wildman–Crippen LogP) is 1.62. The number of anilines is 1. The van der Waals surface area contributed by atoms with Crippen LogP contribution >= 0.6 is 11.3 Å². The van der Waals surface area contributed by atoms with Crippen LogP contribution in [0.5, 0.6) is 0 Å². The van der Waals surface area contributed by atoms with E-state index in [0.717, 1.165) is 36.4 Å². The maximum atomic E-state index is 12.9. The molecule has 0 aliphatic carbocycles. The standard InChI is InChI=1S/C26H31N5O2S/c1-3-13-28-24(32)22(18-27)26-31(4-2)25(33)23(34-26)19-29-21-12-8-10-20(17-21)11-9-16-30-14-6-5-7-15-30/h1,8,10,12,17,19,29H,4-7,9,11,13-16H2,2H3,(H,28,32)/b23-19+,26-22-. The molecule has 178 valence electrons. The lowest BCUT2D eigenvalue weighted by Crippen LogP contribution is -2.34. The van der Waals surface area contributed by atoms with E-state index >= 15 is 0 Å². The lowest BCUT2D eigenvalue weighted by Gasteiger charge is -2.26. The first-order chi connectivity index (χ1) is 16.6. The minimum atomic E-state index is -0.583. The lowest BCUT2D eigenvalue weighted by atomic mass is 10.1. The van der Waals surface area contributed by atoms with E-state index < -0.39 is 5.91 Å². The number of terminal acetylenes is 1. The summed E-state index contributed by atoms with van der Waals surface area (Å²) < 4.78 is 2.18. The van der Waals surface area contributed by atoms with Crippen LogP contribution in [0.2, 0.25) is 0 Å². The zero-order valence-corrected chi connectivity index (χ0v) is 20.4. The third-order valence-corrected chi connectivity index (χ3v) is 6.94. The summed E-state index contributed by atoms with van der Waals surface area (Å²) in [6.07, 6.45) is 12.9. The average Bonchev–Trinajstić information content (AvgIpc) is 3.17. The largest absolute Gasteiger partial charge is 0.360 e. The van der Waals surface area contributed by atoms with Gasteiger partial charge in [0.25, 0.3) is 11.5 Å². The van der Waals surface area contributed by atoms with E-state index in [1.807, 2.05) is 18.2 Å². The zero-order valence-electron chi connectivity index (χ0n) is 19.6. The molecule has 1 saturated heterocycles. The Hall–Kier alpha value is -3.33. The van der Waals surface area contributed by atoms with Gasteiger partial charge in [0, 0.05) is 18.4 Å². The van der Waals surface area contributed by atoms with Crippen LogP contribution in [0.25, 0.3) is 11.8 Å². The van der Waals surface area contributed by atoms with Crippen molar-refractivity contribution in [1.82, 2.24) is 14.8 Å². The summed E-state index contributed by atoms with van der Waals surface area (Å²) in [4.78, 5) is 27.7. The normalized spacial score (nSPS) is 15.3. The molecule has 2 N–H and O–H groups in total. The van der Waals surface area contributed by atoms with Gasteiger partial charge in [0.15, 0.2) is 5.57 Å². The van der Waals surface area contributed by atoms with Gasteiger partial charge >= 0.3 is 0 Å². The van der Waals surface area contributed by atoms with Crippen molar-refractivity contribution >= 4 is 34.7 Å². The van der Waals surface area contributed by atoms with Crippen LogP contribution in [-0.4, -0.2) is 41.6 Å². The summed E-state index contributed by atoms with van der Waals surface area (Å²) in [5.74, 6) is 1.73. The molecule has 0 atom stereocenters. The number of nitriles is 1. The quantitative estimate of drug-likeness (QED) is 0.536. The van der Waals surface area contributed by atoms with Gasteiger partial charge < -0.3 is 15.5 Å². The van der Waals surface area contributed by atoms with E-state index in [0.29, 0.717) is 15.7 Å². The number of carbonyl (C=O) groups excluding carboxylic acids is 1. The van der Waals surface area contributed by atoms with Gasteiger partial charge in [0.2, 0.25) is 0 Å². The van der Waals surface area contributed by atoms with Gasteiger partial charge in [-0.25, -0.2) is 0 Å². The molecule has 3 rings (SSSR count). The summed E-state index contributed by atoms with van der Waals surface area (Å²) in [5, 5.41) is 15.2. The number of hydrogen-bond acceptors (Lipinski definition) is 6. The van der Waals surface area contributed by atoms with Crippen LogP contribution in [0.4, 0.5) is 5.69 Å². The van der Waals surface area contributed by atoms with Crippen LogP contribution in [0.3, 0.4) is 0 Å².